The Hall–Kier alpha value is -12.0. The summed E-state index contributed by atoms with van der Waals surface area (Å²) in [4.78, 5) is 181. The Morgan fingerprint density at radius 2 is 0.927 bits per heavy atom. The van der Waals surface area contributed by atoms with Gasteiger partial charge >= 0.3 is 0 Å². The minimum absolute atomic E-state index is 0.0117. The summed E-state index contributed by atoms with van der Waals surface area (Å²) in [6.45, 7) is 24.6. The van der Waals surface area contributed by atoms with Crippen LogP contribution in [0, 0.1) is 72.0 Å². The quantitative estimate of drug-likeness (QED) is 0.0184. The number of fused-ring (bicyclic) bond motifs is 1. The van der Waals surface area contributed by atoms with E-state index in [0.29, 0.717) is 114 Å². The van der Waals surface area contributed by atoms with Gasteiger partial charge in [-0.1, -0.05) is 294 Å². The van der Waals surface area contributed by atoms with E-state index >= 15 is 0 Å². The first kappa shape index (κ1) is 114. The highest BCUT2D eigenvalue weighted by Crippen LogP contribution is 2.46. The Morgan fingerprint density at radius 3 is 1.41 bits per heavy atom. The third-order valence-corrected chi connectivity index (χ3v) is 34.6. The van der Waals surface area contributed by atoms with Crippen LogP contribution < -0.4 is 37.2 Å². The molecule has 2 unspecified atom stereocenters. The van der Waals surface area contributed by atoms with Crippen LogP contribution in [0.4, 0.5) is 10.0 Å². The lowest BCUT2D eigenvalue weighted by Gasteiger charge is -2.37. The van der Waals surface area contributed by atoms with Crippen molar-refractivity contribution in [3.63, 3.8) is 0 Å². The van der Waals surface area contributed by atoms with Gasteiger partial charge < -0.3 is 61.2 Å². The Kier molecular flexibility index (Phi) is 42.3. The van der Waals surface area contributed by atoms with Crippen molar-refractivity contribution in [2.24, 2.45) is 65.1 Å². The molecule has 804 valence electrons. The maximum atomic E-state index is 14.0. The molecule has 4 saturated carbocycles. The average Bonchev–Trinajstić information content (AvgIpc) is 1.65. The summed E-state index contributed by atoms with van der Waals surface area (Å²) in [5.74, 6) is 0.219. The van der Waals surface area contributed by atoms with Gasteiger partial charge in [-0.3, -0.25) is 57.5 Å². The van der Waals surface area contributed by atoms with Crippen LogP contribution in [0.3, 0.4) is 0 Å². The second-order valence-corrected chi connectivity index (χ2v) is 45.6. The van der Waals surface area contributed by atoms with E-state index in [2.05, 4.69) is 94.9 Å². The van der Waals surface area contributed by atoms with Crippen LogP contribution in [0.15, 0.2) is 168 Å². The molecule has 8 fully saturated rings. The van der Waals surface area contributed by atoms with Crippen LogP contribution in [-0.2, 0) is 52.7 Å². The minimum atomic E-state index is -0.616. The zero-order valence-electron chi connectivity index (χ0n) is 89.4. The van der Waals surface area contributed by atoms with E-state index in [0.717, 1.165) is 205 Å². The third-order valence-electron chi connectivity index (χ3n) is 32.1. The van der Waals surface area contributed by atoms with E-state index in [4.69, 9.17) is 9.40 Å². The molecule has 4 aliphatic heterocycles. The molecule has 11 amide bonds. The van der Waals surface area contributed by atoms with Gasteiger partial charge in [-0.05, 0) is 182 Å². The molecule has 0 spiro atoms. The lowest BCUT2D eigenvalue weighted by molar-refractivity contribution is -0.142. The highest BCUT2D eigenvalue weighted by Gasteiger charge is 2.48. The molecule has 5 aromatic carbocycles. The van der Waals surface area contributed by atoms with Gasteiger partial charge in [0, 0.05) is 108 Å². The number of nitrogens with zero attached hydrogens (tertiary/aromatic N) is 9. The van der Waals surface area contributed by atoms with E-state index in [-0.39, 0.29) is 142 Å². The molecule has 14 atom stereocenters. The topological polar surface area (TPSA) is 380 Å². The van der Waals surface area contributed by atoms with E-state index in [1.807, 2.05) is 199 Å². The maximum Gasteiger partial charge on any atom is 0.255 e. The molecular weight excluding hydrogens is 1950 g/mol. The van der Waals surface area contributed by atoms with Crippen LogP contribution in [0.5, 0.6) is 0 Å². The lowest BCUT2D eigenvalue weighted by Crippen LogP contribution is -2.56. The normalized spacial score (nSPS) is 21.0. The molecule has 4 saturated heterocycles. The smallest absolute Gasteiger partial charge is 0.255 e. The van der Waals surface area contributed by atoms with E-state index in [1.165, 1.54) is 35.4 Å². The number of rotatable bonds is 34. The molecule has 29 nitrogen and oxygen atoms in total. The Morgan fingerprint density at radius 1 is 0.460 bits per heavy atom. The van der Waals surface area contributed by atoms with Gasteiger partial charge in [0.25, 0.3) is 5.89 Å². The number of aryl methyl sites for hydroxylation is 1. The molecule has 8 aliphatic rings. The molecule has 4 aliphatic carbocycles. The summed E-state index contributed by atoms with van der Waals surface area (Å²) in [5.41, 5.74) is 7.27. The molecule has 0 radical (unpaired) electrons. The van der Waals surface area contributed by atoms with E-state index < -0.39 is 30.2 Å². The van der Waals surface area contributed by atoms with Crippen molar-refractivity contribution in [2.45, 2.75) is 317 Å². The fourth-order valence-electron chi connectivity index (χ4n) is 22.4. The van der Waals surface area contributed by atoms with Crippen molar-refractivity contribution in [1.82, 2.24) is 70.7 Å². The first-order valence-corrected chi connectivity index (χ1v) is 57.9. The van der Waals surface area contributed by atoms with Crippen molar-refractivity contribution in [3.8, 4) is 33.4 Å². The second-order valence-electron chi connectivity index (χ2n) is 43.0. The van der Waals surface area contributed by atoms with Crippen molar-refractivity contribution in [3.05, 3.63) is 196 Å². The van der Waals surface area contributed by atoms with Crippen LogP contribution >= 0.6 is 34.2 Å². The summed E-state index contributed by atoms with van der Waals surface area (Å²) < 4.78 is 9.48. The number of ketones is 1. The SMILES string of the molecule is CC[C@@H](C)C(=O)N[C@@H]1CC2C(CC[C@H]2C(=O)NC(c2ccccc2)c2ccccc2)CCN(C(=O)CC(C)C)C1.CC[C@@H](C)C(=O)N[C@H](C(=O)N1CCC[C@H]1C(=O)Nc1sc(-c2ncco2)nc1-c1ccccc1)C1CCCCC1.CC[C@@H](C)C(=O)N[C@H](C(=O)N1CCC[C@H]1C(=O)Nc1snnc1-c1ccccc1)C1CCCCC1.CC[C@@H](C)C(=O)N[C@H](C(=O)N1CCC[C@H]1c1nc(C(=O)c2ccc(C)cc2)cs1)C1CCCCC1. The van der Waals surface area contributed by atoms with Gasteiger partial charge in [0.15, 0.2) is 5.01 Å². The number of likely N-dealkylation sites (tertiary alicyclic amines) is 4. The van der Waals surface area contributed by atoms with Gasteiger partial charge in [0.1, 0.15) is 68.6 Å². The van der Waals surface area contributed by atoms with Gasteiger partial charge in [0.2, 0.25) is 70.8 Å². The molecule has 150 heavy (non-hydrogen) atoms. The predicted octanol–water partition coefficient (Wildman–Crippen LogP) is 20.9. The zero-order chi connectivity index (χ0) is 106. The van der Waals surface area contributed by atoms with Gasteiger partial charge in [-0.2, -0.15) is 0 Å². The largest absolute Gasteiger partial charge is 0.443 e. The Balaban J connectivity index is 0.000000158. The second kappa shape index (κ2) is 55.8. The van der Waals surface area contributed by atoms with Crippen LogP contribution in [0.1, 0.15) is 312 Å². The Bertz CT molecular complexity index is 5870. The fourth-order valence-corrected chi connectivity index (χ4v) is 24.9. The van der Waals surface area contributed by atoms with Gasteiger partial charge in [-0.15, -0.1) is 16.4 Å². The van der Waals surface area contributed by atoms with Crippen molar-refractivity contribution in [1.29, 1.82) is 0 Å². The highest BCUT2D eigenvalue weighted by molar-refractivity contribution is 7.19. The predicted molar refractivity (Wildman–Crippen MR) is 589 cm³/mol. The number of hydrogen-bond donors (Lipinski definition) is 7. The molecule has 17 rings (SSSR count). The molecule has 9 aromatic rings. The van der Waals surface area contributed by atoms with Crippen molar-refractivity contribution in [2.75, 3.05) is 43.4 Å². The molecule has 4 aromatic heterocycles. The summed E-state index contributed by atoms with van der Waals surface area (Å²) in [7, 11) is 0. The lowest BCUT2D eigenvalue weighted by atomic mass is 9.80. The summed E-state index contributed by atoms with van der Waals surface area (Å²) >= 11 is 3.87. The molecular formula is C118H156N16O13S3. The maximum absolute atomic E-state index is 14.0. The molecule has 7 N–H and O–H groups in total. The number of carbonyl (C=O) groups excluding carboxylic acids is 12. The fraction of sp³-hybridized carbons (Fsp3) is 0.551. The van der Waals surface area contributed by atoms with E-state index in [9.17, 15) is 57.5 Å². The van der Waals surface area contributed by atoms with Crippen LogP contribution in [-0.4, -0.2) is 184 Å². The summed E-state index contributed by atoms with van der Waals surface area (Å²) in [6, 6.07) is 43.7. The minimum Gasteiger partial charge on any atom is -0.443 e. The van der Waals surface area contributed by atoms with Gasteiger partial charge in [-0.25, -0.2) is 15.0 Å². The number of carbonyl (C=O) groups is 12. The number of thiazole rings is 2. The monoisotopic (exact) mass is 2100 g/mol. The summed E-state index contributed by atoms with van der Waals surface area (Å²) in [6.07, 6.45) is 29.9. The standard InChI is InChI=1S/C34H47N3O3.C30H37N5O4S.C28H37N3O3S.C26H35N5O3S/c1-5-24(4)33(39)35-28-21-30-25(18-19-37(22-28)31(38)20-23(2)3)16-17-29(30)34(40)36-32(26-12-8-6-9-13-26)27-14-10-7-11-15-27;1-3-19(2)25(36)32-24(21-13-8-5-9-14-21)30(38)35-17-10-15-22(35)26(37)34-28-23(20-11-6-4-7-12-20)33-29(40-28)27-31-16-18-39-27;1-4-19(3)26(33)30-24(20-9-6-5-7-10-20)28(34)31-16-8-11-23(31)27-29-22(17-35-27)25(32)21-14-12-18(2)13-15-21;1-3-17(2)23(32)27-22(19-13-8-5-9-14-19)26(34)31-16-10-15-20(31)24(33)28-25-21(29-30-35-25)18-11-6-4-7-12-18/h6-15,23-25,28-30,32H,5,16-22H2,1-4H3,(H,35,39)(H,36,40);4,6-7,11-12,16,18-19,21-22,24H,3,5,8-10,13-15,17H2,1-2H3,(H,32,36)(H,34,37);12-15,17,19-20,23-24H,4-11,16H2,1-3H3,(H,30,33);4,6-7,11-12,17,19-20,22H,3,5,8-10,13-16H2,1-2H3,(H,27,32)(H,28,33)/t24-,25?,28-,29-,30?;19-,22+,24+;19-,23+,24+;17-,20+,22+/m1111/s1. The number of aromatic nitrogens is 5. The van der Waals surface area contributed by atoms with Gasteiger partial charge in [0.05, 0.1) is 18.3 Å². The number of benzene rings is 5. The average molecular weight is 2100 g/mol. The molecule has 0 bridgehead atoms. The molecule has 8 heterocycles. The number of amides is 11. The van der Waals surface area contributed by atoms with Crippen LogP contribution in [0.2, 0.25) is 0 Å². The van der Waals surface area contributed by atoms with Crippen molar-refractivity contribution < 1.29 is 62.0 Å². The third kappa shape index (κ3) is 29.9. The van der Waals surface area contributed by atoms with Crippen LogP contribution in [0.25, 0.3) is 33.4 Å². The number of hydrogen-bond acceptors (Lipinski definition) is 21. The Labute approximate surface area is 897 Å². The first-order valence-electron chi connectivity index (χ1n) is 55.4. The molecule has 32 heteroatoms. The number of anilines is 2. The number of oxazole rings is 1. The highest BCUT2D eigenvalue weighted by atomic mass is 32.1. The van der Waals surface area contributed by atoms with E-state index in [1.54, 1.807) is 16.0 Å². The number of nitrogens with one attached hydrogen (secondary N) is 7. The van der Waals surface area contributed by atoms with Crippen molar-refractivity contribution >= 4 is 115 Å². The first-order chi connectivity index (χ1) is 72.6. The zero-order valence-corrected chi connectivity index (χ0v) is 91.8. The summed E-state index contributed by atoms with van der Waals surface area (Å²) in [5, 5.41) is 30.5.